The molecule has 0 amide bonds. The third-order valence-corrected chi connectivity index (χ3v) is 5.67. The largest absolute Gasteiger partial charge is 0.499 e. The van der Waals surface area contributed by atoms with Crippen LogP contribution >= 0.6 is 0 Å². The standard InChI is InChI=1S/C17H34O6.C16H30O5/c1-7-19-14(3)9-21-16(5)11-23-17(6)12-22-15(4)10-20-13(2)8-18;1-7-17-9-13(3)19-11-15(5)21-12-16(6)20-10-14(4)18-8-2/h7,13-18H,1,8-12H2,2-6H3;7-8,13-16H,1-2,9-12H2,3-6H3. The molecular weight excluding hydrogens is 572 g/mol. The van der Waals surface area contributed by atoms with Gasteiger partial charge in [0.1, 0.15) is 18.8 Å². The van der Waals surface area contributed by atoms with Crippen molar-refractivity contribution in [2.75, 3.05) is 59.5 Å². The molecule has 0 aromatic carbocycles. The lowest BCUT2D eigenvalue weighted by Gasteiger charge is -2.21. The van der Waals surface area contributed by atoms with Crippen LogP contribution in [0.2, 0.25) is 0 Å². The van der Waals surface area contributed by atoms with Crippen LogP contribution in [0.25, 0.3) is 0 Å². The minimum Gasteiger partial charge on any atom is -0.499 e. The van der Waals surface area contributed by atoms with E-state index in [9.17, 15) is 0 Å². The molecule has 9 atom stereocenters. The van der Waals surface area contributed by atoms with Gasteiger partial charge < -0.3 is 52.5 Å². The smallest absolute Gasteiger partial charge is 0.118 e. The van der Waals surface area contributed by atoms with E-state index in [2.05, 4.69) is 19.7 Å². The molecule has 0 aromatic heterocycles. The molecule has 0 aliphatic rings. The highest BCUT2D eigenvalue weighted by Gasteiger charge is 2.13. The molecule has 0 fully saturated rings. The van der Waals surface area contributed by atoms with E-state index in [4.69, 9.17) is 52.5 Å². The van der Waals surface area contributed by atoms with Gasteiger partial charge in [-0.2, -0.15) is 0 Å². The first-order valence-electron chi connectivity index (χ1n) is 15.5. The van der Waals surface area contributed by atoms with Gasteiger partial charge in [0.2, 0.25) is 0 Å². The maximum Gasteiger partial charge on any atom is 0.118 e. The maximum atomic E-state index is 8.89. The SMILES string of the molecule is C=COC(C)COC(C)COC(C)COC(C)COC(C)CO.C=COCC(C)OCC(C)OCC(C)OCC(C)OC=C. The first kappa shape index (κ1) is 44.4. The van der Waals surface area contributed by atoms with Crippen molar-refractivity contribution in [3.8, 4) is 0 Å². The maximum absolute atomic E-state index is 8.89. The summed E-state index contributed by atoms with van der Waals surface area (Å²) in [4.78, 5) is 0. The molecule has 0 rings (SSSR count). The molecule has 9 unspecified atom stereocenters. The minimum atomic E-state index is -0.166. The number of rotatable bonds is 29. The van der Waals surface area contributed by atoms with E-state index in [1.165, 1.54) is 18.8 Å². The van der Waals surface area contributed by atoms with Crippen molar-refractivity contribution in [3.63, 3.8) is 0 Å². The van der Waals surface area contributed by atoms with Gasteiger partial charge in [-0.3, -0.25) is 0 Å². The molecule has 1 N–H and O–H groups in total. The number of hydrogen-bond acceptors (Lipinski definition) is 11. The van der Waals surface area contributed by atoms with E-state index in [-0.39, 0.29) is 61.5 Å². The highest BCUT2D eigenvalue weighted by Crippen LogP contribution is 2.04. The third kappa shape index (κ3) is 30.3. The molecule has 0 saturated carbocycles. The van der Waals surface area contributed by atoms with Crippen molar-refractivity contribution in [1.82, 2.24) is 0 Å². The van der Waals surface area contributed by atoms with Crippen LogP contribution < -0.4 is 0 Å². The zero-order chi connectivity index (χ0) is 33.8. The van der Waals surface area contributed by atoms with Gasteiger partial charge in [-0.05, 0) is 62.3 Å². The molecule has 262 valence electrons. The number of ether oxygens (including phenoxy) is 10. The number of hydrogen-bond donors (Lipinski definition) is 1. The van der Waals surface area contributed by atoms with Crippen LogP contribution in [0.3, 0.4) is 0 Å². The van der Waals surface area contributed by atoms with Crippen LogP contribution in [0.15, 0.2) is 38.5 Å². The lowest BCUT2D eigenvalue weighted by molar-refractivity contribution is -0.0940. The van der Waals surface area contributed by atoms with Gasteiger partial charge in [0.25, 0.3) is 0 Å². The van der Waals surface area contributed by atoms with Crippen molar-refractivity contribution < 1.29 is 52.5 Å². The van der Waals surface area contributed by atoms with E-state index in [1.807, 2.05) is 62.3 Å². The average Bonchev–Trinajstić information content (AvgIpc) is 3.00. The van der Waals surface area contributed by atoms with Crippen LogP contribution in [-0.4, -0.2) is 120 Å². The van der Waals surface area contributed by atoms with E-state index in [0.29, 0.717) is 52.9 Å². The Balaban J connectivity index is 0. The second kappa shape index (κ2) is 30.0. The second-order valence-corrected chi connectivity index (χ2v) is 10.9. The summed E-state index contributed by atoms with van der Waals surface area (Å²) in [5, 5.41) is 8.89. The monoisotopic (exact) mass is 636 g/mol. The first-order chi connectivity index (χ1) is 20.9. The van der Waals surface area contributed by atoms with Gasteiger partial charge in [-0.1, -0.05) is 19.7 Å². The van der Waals surface area contributed by atoms with Gasteiger partial charge >= 0.3 is 0 Å². The fourth-order valence-corrected chi connectivity index (χ4v) is 3.05. The summed E-state index contributed by atoms with van der Waals surface area (Å²) in [7, 11) is 0. The lowest BCUT2D eigenvalue weighted by Crippen LogP contribution is -2.28. The Hall–Kier alpha value is -1.70. The van der Waals surface area contributed by atoms with Gasteiger partial charge in [-0.15, -0.1) is 0 Å². The third-order valence-electron chi connectivity index (χ3n) is 5.67. The molecule has 0 heterocycles. The molecule has 0 aromatic rings. The van der Waals surface area contributed by atoms with Gasteiger partial charge in [0, 0.05) is 0 Å². The molecule has 0 aliphatic carbocycles. The molecule has 11 heteroatoms. The molecule has 0 aliphatic heterocycles. The summed E-state index contributed by atoms with van der Waals surface area (Å²) in [5.74, 6) is 0. The van der Waals surface area contributed by atoms with E-state index < -0.39 is 0 Å². The quantitative estimate of drug-likeness (QED) is 0.111. The fourth-order valence-electron chi connectivity index (χ4n) is 3.05. The normalized spacial score (nSPS) is 17.3. The van der Waals surface area contributed by atoms with Crippen LogP contribution in [0.5, 0.6) is 0 Å². The Labute approximate surface area is 267 Å². The van der Waals surface area contributed by atoms with Crippen molar-refractivity contribution in [3.05, 3.63) is 38.5 Å². The Morgan fingerprint density at radius 1 is 0.386 bits per heavy atom. The van der Waals surface area contributed by atoms with Crippen molar-refractivity contribution >= 4 is 0 Å². The number of aliphatic hydroxyl groups is 1. The van der Waals surface area contributed by atoms with E-state index in [1.54, 1.807) is 0 Å². The van der Waals surface area contributed by atoms with Gasteiger partial charge in [0.05, 0.1) is 114 Å². The van der Waals surface area contributed by atoms with Crippen LogP contribution in [0.4, 0.5) is 0 Å². The Morgan fingerprint density at radius 3 is 0.886 bits per heavy atom. The Morgan fingerprint density at radius 2 is 0.636 bits per heavy atom. The van der Waals surface area contributed by atoms with Crippen LogP contribution in [-0.2, 0) is 47.4 Å². The second-order valence-electron chi connectivity index (χ2n) is 10.9. The summed E-state index contributed by atoms with van der Waals surface area (Å²) in [6.45, 7) is 31.9. The first-order valence-corrected chi connectivity index (χ1v) is 15.5. The van der Waals surface area contributed by atoms with Crippen molar-refractivity contribution in [2.45, 2.75) is 117 Å². The van der Waals surface area contributed by atoms with E-state index >= 15 is 0 Å². The average molecular weight is 637 g/mol. The van der Waals surface area contributed by atoms with Crippen molar-refractivity contribution in [1.29, 1.82) is 0 Å². The highest BCUT2D eigenvalue weighted by atomic mass is 16.6. The van der Waals surface area contributed by atoms with E-state index in [0.717, 1.165) is 0 Å². The molecule has 44 heavy (non-hydrogen) atoms. The summed E-state index contributed by atoms with van der Waals surface area (Å²) in [5.41, 5.74) is 0. The molecule has 0 spiro atoms. The summed E-state index contributed by atoms with van der Waals surface area (Å²) in [6, 6.07) is 0. The minimum absolute atomic E-state index is 0.00332. The van der Waals surface area contributed by atoms with Gasteiger partial charge in [0.15, 0.2) is 0 Å². The Bertz CT molecular complexity index is 666. The fraction of sp³-hybridized carbons (Fsp3) is 0.818. The molecule has 11 nitrogen and oxygen atoms in total. The number of aliphatic hydroxyl groups excluding tert-OH is 1. The highest BCUT2D eigenvalue weighted by molar-refractivity contribution is 4.61. The topological polar surface area (TPSA) is 113 Å². The molecular formula is C33H64O11. The summed E-state index contributed by atoms with van der Waals surface area (Å²) >= 11 is 0. The summed E-state index contributed by atoms with van der Waals surface area (Å²) in [6.07, 6.45) is 4.01. The molecule has 0 bridgehead atoms. The zero-order valence-corrected chi connectivity index (χ0v) is 28.9. The summed E-state index contributed by atoms with van der Waals surface area (Å²) < 4.78 is 54.7. The van der Waals surface area contributed by atoms with Gasteiger partial charge in [-0.25, -0.2) is 0 Å². The molecule has 0 saturated heterocycles. The zero-order valence-electron chi connectivity index (χ0n) is 28.9. The molecule has 0 radical (unpaired) electrons. The lowest BCUT2D eigenvalue weighted by atomic mass is 10.3. The predicted molar refractivity (Wildman–Crippen MR) is 173 cm³/mol. The van der Waals surface area contributed by atoms with Crippen molar-refractivity contribution in [2.24, 2.45) is 0 Å². The predicted octanol–water partition coefficient (Wildman–Crippen LogP) is 5.06. The van der Waals surface area contributed by atoms with Crippen LogP contribution in [0, 0.1) is 0 Å². The van der Waals surface area contributed by atoms with Crippen LogP contribution in [0.1, 0.15) is 62.3 Å². The Kier molecular flexibility index (Phi) is 30.3.